The minimum Gasteiger partial charge on any atom is -0.336 e. The number of piperazine rings is 1. The smallest absolute Gasteiger partial charge is 0.253 e. The standard InChI is InChI=1S/C19H22N6OS2/c1-14-22-17(12-27-14)10-24-6-8-25(9-7-24)18(26)16-4-2-15(3-5-16)11-28-19-20-13-21-23-19/h2-5,12-13H,6-11H2,1H3,(H,20,21,23). The Hall–Kier alpha value is -2.23. The number of nitrogens with one attached hydrogen (secondary N) is 1. The second-order valence-corrected chi connectivity index (χ2v) is 8.73. The Morgan fingerprint density at radius 1 is 1.21 bits per heavy atom. The second-order valence-electron chi connectivity index (χ2n) is 6.70. The fraction of sp³-hybridized carbons (Fsp3) is 0.368. The zero-order valence-corrected chi connectivity index (χ0v) is 17.3. The number of carbonyl (C=O) groups is 1. The summed E-state index contributed by atoms with van der Waals surface area (Å²) in [6.07, 6.45) is 1.50. The summed E-state index contributed by atoms with van der Waals surface area (Å²) < 4.78 is 0. The van der Waals surface area contributed by atoms with Gasteiger partial charge >= 0.3 is 0 Å². The Kier molecular flexibility index (Phi) is 6.04. The maximum absolute atomic E-state index is 12.8. The van der Waals surface area contributed by atoms with Gasteiger partial charge in [-0.05, 0) is 24.6 Å². The highest BCUT2D eigenvalue weighted by atomic mass is 32.2. The molecule has 0 saturated carbocycles. The van der Waals surface area contributed by atoms with Crippen molar-refractivity contribution in [3.8, 4) is 0 Å². The molecule has 1 amide bonds. The lowest BCUT2D eigenvalue weighted by atomic mass is 10.1. The molecular formula is C19H22N6OS2. The van der Waals surface area contributed by atoms with Gasteiger partial charge in [0.1, 0.15) is 6.33 Å². The third-order valence-corrected chi connectivity index (χ3v) is 6.45. The van der Waals surface area contributed by atoms with Crippen molar-refractivity contribution in [2.24, 2.45) is 0 Å². The molecule has 1 saturated heterocycles. The number of benzene rings is 1. The molecule has 1 aromatic carbocycles. The summed E-state index contributed by atoms with van der Waals surface area (Å²) in [7, 11) is 0. The number of thioether (sulfide) groups is 1. The molecule has 0 bridgehead atoms. The number of aryl methyl sites for hydroxylation is 1. The van der Waals surface area contributed by atoms with Crippen LogP contribution in [0.1, 0.15) is 26.6 Å². The summed E-state index contributed by atoms with van der Waals surface area (Å²) in [5, 5.41) is 10.7. The third kappa shape index (κ3) is 4.78. The van der Waals surface area contributed by atoms with E-state index in [2.05, 4.69) is 30.4 Å². The van der Waals surface area contributed by atoms with Crippen LogP contribution in [0.15, 0.2) is 41.1 Å². The predicted molar refractivity (Wildman–Crippen MR) is 110 cm³/mol. The second kappa shape index (κ2) is 8.85. The lowest BCUT2D eigenvalue weighted by Crippen LogP contribution is -2.48. The van der Waals surface area contributed by atoms with E-state index in [9.17, 15) is 4.79 Å². The Bertz CT molecular complexity index is 901. The van der Waals surface area contributed by atoms with Crippen molar-refractivity contribution in [2.75, 3.05) is 26.2 Å². The number of aromatic nitrogens is 4. The molecule has 1 fully saturated rings. The molecule has 9 heteroatoms. The van der Waals surface area contributed by atoms with E-state index >= 15 is 0 Å². The molecule has 28 heavy (non-hydrogen) atoms. The van der Waals surface area contributed by atoms with E-state index in [1.807, 2.05) is 36.1 Å². The van der Waals surface area contributed by atoms with Crippen LogP contribution in [0.2, 0.25) is 0 Å². The fourth-order valence-corrected chi connectivity index (χ4v) is 4.50. The van der Waals surface area contributed by atoms with Crippen LogP contribution in [-0.2, 0) is 12.3 Å². The van der Waals surface area contributed by atoms with Crippen molar-refractivity contribution >= 4 is 29.0 Å². The molecule has 1 aliphatic heterocycles. The van der Waals surface area contributed by atoms with Gasteiger partial charge in [-0.3, -0.25) is 14.8 Å². The van der Waals surface area contributed by atoms with E-state index in [4.69, 9.17) is 0 Å². The van der Waals surface area contributed by atoms with Crippen LogP contribution in [-0.4, -0.2) is 62.1 Å². The molecule has 0 unspecified atom stereocenters. The van der Waals surface area contributed by atoms with Gasteiger partial charge in [-0.15, -0.1) is 11.3 Å². The fourth-order valence-electron chi connectivity index (χ4n) is 3.16. The van der Waals surface area contributed by atoms with Gasteiger partial charge in [0.25, 0.3) is 5.91 Å². The number of nitrogens with zero attached hydrogens (tertiary/aromatic N) is 5. The number of thiazole rings is 1. The maximum Gasteiger partial charge on any atom is 0.253 e. The number of carbonyl (C=O) groups excluding carboxylic acids is 1. The van der Waals surface area contributed by atoms with Crippen LogP contribution >= 0.6 is 23.1 Å². The van der Waals surface area contributed by atoms with E-state index in [1.165, 1.54) is 6.33 Å². The molecule has 0 radical (unpaired) electrons. The molecule has 0 spiro atoms. The number of aromatic amines is 1. The summed E-state index contributed by atoms with van der Waals surface area (Å²) in [5.41, 5.74) is 3.03. The van der Waals surface area contributed by atoms with Crippen LogP contribution in [0.3, 0.4) is 0 Å². The summed E-state index contributed by atoms with van der Waals surface area (Å²) in [5.74, 6) is 0.900. The van der Waals surface area contributed by atoms with Crippen molar-refractivity contribution in [2.45, 2.75) is 24.4 Å². The van der Waals surface area contributed by atoms with Gasteiger partial charge in [0.15, 0.2) is 5.16 Å². The van der Waals surface area contributed by atoms with Crippen LogP contribution in [0.4, 0.5) is 0 Å². The molecule has 0 aliphatic carbocycles. The summed E-state index contributed by atoms with van der Waals surface area (Å²) in [6.45, 7) is 6.17. The number of H-pyrrole nitrogens is 1. The first-order valence-corrected chi connectivity index (χ1v) is 11.0. The summed E-state index contributed by atoms with van der Waals surface area (Å²) in [4.78, 5) is 25.7. The lowest BCUT2D eigenvalue weighted by molar-refractivity contribution is 0.0627. The molecule has 146 valence electrons. The number of rotatable bonds is 6. The first-order valence-electron chi connectivity index (χ1n) is 9.17. The number of hydrogen-bond donors (Lipinski definition) is 1. The Labute approximate surface area is 172 Å². The normalized spacial score (nSPS) is 15.1. The van der Waals surface area contributed by atoms with Crippen molar-refractivity contribution in [1.29, 1.82) is 0 Å². The van der Waals surface area contributed by atoms with E-state index in [-0.39, 0.29) is 5.91 Å². The SMILES string of the molecule is Cc1nc(CN2CCN(C(=O)c3ccc(CSc4ncn[nH]4)cc3)CC2)cs1. The average Bonchev–Trinajstić information content (AvgIpc) is 3.39. The number of hydrogen-bond acceptors (Lipinski definition) is 7. The molecule has 0 atom stereocenters. The van der Waals surface area contributed by atoms with Gasteiger partial charge in [-0.1, -0.05) is 23.9 Å². The Morgan fingerprint density at radius 2 is 2.00 bits per heavy atom. The molecular weight excluding hydrogens is 392 g/mol. The summed E-state index contributed by atoms with van der Waals surface area (Å²) in [6, 6.07) is 7.86. The van der Waals surface area contributed by atoms with E-state index < -0.39 is 0 Å². The van der Waals surface area contributed by atoms with Crippen molar-refractivity contribution in [1.82, 2.24) is 30.0 Å². The monoisotopic (exact) mass is 414 g/mol. The maximum atomic E-state index is 12.8. The van der Waals surface area contributed by atoms with E-state index in [0.717, 1.165) is 65.5 Å². The third-order valence-electron chi connectivity index (χ3n) is 4.68. The zero-order valence-electron chi connectivity index (χ0n) is 15.7. The van der Waals surface area contributed by atoms with Gasteiger partial charge in [0, 0.05) is 49.4 Å². The predicted octanol–water partition coefficient (Wildman–Crippen LogP) is 2.82. The van der Waals surface area contributed by atoms with E-state index in [1.54, 1.807) is 23.1 Å². The van der Waals surface area contributed by atoms with Gasteiger partial charge in [-0.25, -0.2) is 9.97 Å². The van der Waals surface area contributed by atoms with Gasteiger partial charge in [0.2, 0.25) is 0 Å². The topological polar surface area (TPSA) is 78.0 Å². The molecule has 2 aromatic heterocycles. The minimum absolute atomic E-state index is 0.110. The largest absolute Gasteiger partial charge is 0.336 e. The van der Waals surface area contributed by atoms with Gasteiger partial charge < -0.3 is 4.90 Å². The molecule has 7 nitrogen and oxygen atoms in total. The van der Waals surface area contributed by atoms with Crippen LogP contribution < -0.4 is 0 Å². The first-order chi connectivity index (χ1) is 13.7. The first kappa shape index (κ1) is 19.1. The quantitative estimate of drug-likeness (QED) is 0.625. The highest BCUT2D eigenvalue weighted by Crippen LogP contribution is 2.19. The Morgan fingerprint density at radius 3 is 2.64 bits per heavy atom. The highest BCUT2D eigenvalue weighted by molar-refractivity contribution is 7.98. The van der Waals surface area contributed by atoms with E-state index in [0.29, 0.717) is 0 Å². The van der Waals surface area contributed by atoms with Crippen molar-refractivity contribution < 1.29 is 4.79 Å². The molecule has 4 rings (SSSR count). The average molecular weight is 415 g/mol. The lowest BCUT2D eigenvalue weighted by Gasteiger charge is -2.34. The van der Waals surface area contributed by atoms with Crippen LogP contribution in [0.25, 0.3) is 0 Å². The molecule has 3 heterocycles. The van der Waals surface area contributed by atoms with Gasteiger partial charge in [0.05, 0.1) is 10.7 Å². The molecule has 1 aliphatic rings. The Balaban J connectivity index is 1.27. The van der Waals surface area contributed by atoms with Crippen molar-refractivity contribution in [3.63, 3.8) is 0 Å². The molecule has 3 aromatic rings. The summed E-state index contributed by atoms with van der Waals surface area (Å²) >= 11 is 3.28. The van der Waals surface area contributed by atoms with Crippen LogP contribution in [0.5, 0.6) is 0 Å². The zero-order chi connectivity index (χ0) is 19.3. The highest BCUT2D eigenvalue weighted by Gasteiger charge is 2.22. The van der Waals surface area contributed by atoms with Crippen LogP contribution in [0, 0.1) is 6.92 Å². The van der Waals surface area contributed by atoms with Crippen molar-refractivity contribution in [3.05, 3.63) is 57.8 Å². The molecule has 1 N–H and O–H groups in total. The number of amides is 1. The van der Waals surface area contributed by atoms with Gasteiger partial charge in [-0.2, -0.15) is 5.10 Å². The minimum atomic E-state index is 0.110.